The van der Waals surface area contributed by atoms with Crippen molar-refractivity contribution >= 4 is 5.96 Å². The van der Waals surface area contributed by atoms with Gasteiger partial charge in [-0.1, -0.05) is 13.8 Å². The Morgan fingerprint density at radius 3 is 2.85 bits per heavy atom. The highest BCUT2D eigenvalue weighted by atomic mass is 16.5. The van der Waals surface area contributed by atoms with Crippen LogP contribution in [0, 0.1) is 5.92 Å². The summed E-state index contributed by atoms with van der Waals surface area (Å²) >= 11 is 0. The van der Waals surface area contributed by atoms with Gasteiger partial charge in [-0.05, 0) is 50.7 Å². The fourth-order valence-corrected chi connectivity index (χ4v) is 3.20. The summed E-state index contributed by atoms with van der Waals surface area (Å²) < 4.78 is 11.7. The van der Waals surface area contributed by atoms with Crippen molar-refractivity contribution in [3.8, 4) is 5.88 Å². The summed E-state index contributed by atoms with van der Waals surface area (Å²) in [4.78, 5) is 8.61. The lowest BCUT2D eigenvalue weighted by Crippen LogP contribution is -2.45. The molecule has 1 fully saturated rings. The third-order valence-corrected chi connectivity index (χ3v) is 4.54. The molecule has 0 bridgehead atoms. The Hall–Kier alpha value is -1.82. The fourth-order valence-electron chi connectivity index (χ4n) is 3.20. The van der Waals surface area contributed by atoms with Crippen LogP contribution in [0.25, 0.3) is 0 Å². The molecule has 6 nitrogen and oxygen atoms in total. The third-order valence-electron chi connectivity index (χ3n) is 4.54. The Morgan fingerprint density at radius 2 is 2.19 bits per heavy atom. The van der Waals surface area contributed by atoms with Crippen LogP contribution in [0.5, 0.6) is 5.88 Å². The average molecular weight is 363 g/mol. The average Bonchev–Trinajstić information content (AvgIpc) is 3.01. The van der Waals surface area contributed by atoms with Crippen LogP contribution in [0.3, 0.4) is 0 Å². The molecule has 0 spiro atoms. The number of guanidine groups is 1. The molecule has 0 aromatic carbocycles. The van der Waals surface area contributed by atoms with Gasteiger partial charge in [0.1, 0.15) is 0 Å². The second-order valence-electron chi connectivity index (χ2n) is 7.74. The third kappa shape index (κ3) is 6.83. The van der Waals surface area contributed by atoms with Gasteiger partial charge in [0.05, 0.1) is 11.7 Å². The molecule has 0 radical (unpaired) electrons. The molecule has 1 aliphatic heterocycles. The van der Waals surface area contributed by atoms with Crippen molar-refractivity contribution in [2.45, 2.75) is 65.2 Å². The molecule has 0 amide bonds. The Morgan fingerprint density at radius 1 is 1.38 bits per heavy atom. The monoisotopic (exact) mass is 362 g/mol. The molecule has 2 heterocycles. The second kappa shape index (κ2) is 9.76. The molecule has 2 N–H and O–H groups in total. The van der Waals surface area contributed by atoms with E-state index in [1.807, 2.05) is 12.1 Å². The van der Waals surface area contributed by atoms with Crippen LogP contribution in [0.4, 0.5) is 0 Å². The van der Waals surface area contributed by atoms with Crippen molar-refractivity contribution < 1.29 is 9.47 Å². The minimum atomic E-state index is -0.0954. The molecule has 0 saturated carbocycles. The Kier molecular flexibility index (Phi) is 7.69. The Bertz CT molecular complexity index is 583. The van der Waals surface area contributed by atoms with Crippen molar-refractivity contribution in [3.63, 3.8) is 0 Å². The molecule has 2 atom stereocenters. The van der Waals surface area contributed by atoms with Crippen molar-refractivity contribution in [3.05, 3.63) is 23.9 Å². The van der Waals surface area contributed by atoms with Gasteiger partial charge in [-0.25, -0.2) is 4.98 Å². The normalized spacial score (nSPS) is 21.7. The fraction of sp³-hybridized carbons (Fsp3) is 0.700. The lowest BCUT2D eigenvalue weighted by molar-refractivity contribution is 0.0243. The summed E-state index contributed by atoms with van der Waals surface area (Å²) in [5.74, 6) is 2.05. The number of nitrogens with zero attached hydrogens (tertiary/aromatic N) is 2. The van der Waals surface area contributed by atoms with Gasteiger partial charge in [-0.3, -0.25) is 4.99 Å². The van der Waals surface area contributed by atoms with Gasteiger partial charge < -0.3 is 20.1 Å². The van der Waals surface area contributed by atoms with Gasteiger partial charge in [0, 0.05) is 39.0 Å². The molecule has 1 aromatic rings. The second-order valence-corrected chi connectivity index (χ2v) is 7.74. The number of hydrogen-bond donors (Lipinski definition) is 2. The van der Waals surface area contributed by atoms with E-state index in [0.29, 0.717) is 18.3 Å². The number of hydrogen-bond acceptors (Lipinski definition) is 4. The smallest absolute Gasteiger partial charge is 0.213 e. The summed E-state index contributed by atoms with van der Waals surface area (Å²) in [6, 6.07) is 3.97. The number of pyridine rings is 1. The zero-order valence-corrected chi connectivity index (χ0v) is 16.8. The van der Waals surface area contributed by atoms with E-state index in [9.17, 15) is 0 Å². The van der Waals surface area contributed by atoms with E-state index in [0.717, 1.165) is 43.9 Å². The Labute approximate surface area is 157 Å². The minimum absolute atomic E-state index is 0.0954. The summed E-state index contributed by atoms with van der Waals surface area (Å²) in [5, 5.41) is 6.70. The van der Waals surface area contributed by atoms with Crippen LogP contribution in [-0.4, -0.2) is 42.8 Å². The summed E-state index contributed by atoms with van der Waals surface area (Å²) in [6.07, 6.45) is 5.17. The molecular formula is C20H34N4O2. The van der Waals surface area contributed by atoms with Crippen LogP contribution in [0.1, 0.15) is 52.5 Å². The van der Waals surface area contributed by atoms with Crippen LogP contribution in [0.15, 0.2) is 23.3 Å². The summed E-state index contributed by atoms with van der Waals surface area (Å²) in [7, 11) is 1.78. The summed E-state index contributed by atoms with van der Waals surface area (Å²) in [6.45, 7) is 10.9. The highest BCUT2D eigenvalue weighted by Crippen LogP contribution is 2.23. The largest absolute Gasteiger partial charge is 0.475 e. The maximum Gasteiger partial charge on any atom is 0.213 e. The lowest BCUT2D eigenvalue weighted by Gasteiger charge is -2.24. The van der Waals surface area contributed by atoms with E-state index in [4.69, 9.17) is 9.47 Å². The van der Waals surface area contributed by atoms with Gasteiger partial charge in [0.15, 0.2) is 5.96 Å². The van der Waals surface area contributed by atoms with Crippen molar-refractivity contribution in [2.75, 3.05) is 20.2 Å². The van der Waals surface area contributed by atoms with Gasteiger partial charge in [0.25, 0.3) is 0 Å². The quantitative estimate of drug-likeness (QED) is 0.549. The molecule has 1 saturated heterocycles. The van der Waals surface area contributed by atoms with Crippen LogP contribution >= 0.6 is 0 Å². The molecule has 26 heavy (non-hydrogen) atoms. The predicted octanol–water partition coefficient (Wildman–Crippen LogP) is 3.13. The molecule has 2 unspecified atom stereocenters. The predicted molar refractivity (Wildman–Crippen MR) is 106 cm³/mol. The first-order valence-electron chi connectivity index (χ1n) is 9.60. The zero-order valence-electron chi connectivity index (χ0n) is 16.8. The molecule has 2 rings (SSSR count). The van der Waals surface area contributed by atoms with Gasteiger partial charge in [-0.2, -0.15) is 0 Å². The van der Waals surface area contributed by atoms with E-state index < -0.39 is 0 Å². The van der Waals surface area contributed by atoms with E-state index in [-0.39, 0.29) is 11.7 Å². The van der Waals surface area contributed by atoms with E-state index >= 15 is 0 Å². The maximum atomic E-state index is 5.93. The SMILES string of the molecule is CN=C(NCc1ccnc(OC(C)CC(C)C)c1)NCC1(C)CCCO1. The van der Waals surface area contributed by atoms with E-state index in [1.54, 1.807) is 13.2 Å². The number of rotatable bonds is 8. The van der Waals surface area contributed by atoms with Crippen LogP contribution in [0.2, 0.25) is 0 Å². The molecule has 1 aliphatic rings. The first-order valence-corrected chi connectivity index (χ1v) is 9.60. The Balaban J connectivity index is 1.82. The lowest BCUT2D eigenvalue weighted by atomic mass is 10.0. The van der Waals surface area contributed by atoms with Gasteiger partial charge in [0.2, 0.25) is 5.88 Å². The molecule has 146 valence electrons. The van der Waals surface area contributed by atoms with Gasteiger partial charge in [-0.15, -0.1) is 0 Å². The zero-order chi connectivity index (χ0) is 19.0. The molecule has 0 aliphatic carbocycles. The number of aromatic nitrogens is 1. The number of nitrogens with one attached hydrogen (secondary N) is 2. The molecule has 1 aromatic heterocycles. The first-order chi connectivity index (χ1) is 12.4. The van der Waals surface area contributed by atoms with E-state index in [2.05, 4.69) is 48.3 Å². The first kappa shape index (κ1) is 20.5. The van der Waals surface area contributed by atoms with Crippen LogP contribution in [-0.2, 0) is 11.3 Å². The van der Waals surface area contributed by atoms with Crippen LogP contribution < -0.4 is 15.4 Å². The summed E-state index contributed by atoms with van der Waals surface area (Å²) in [5.41, 5.74) is 1.01. The standard InChI is InChI=1S/C20H34N4O2/c1-15(2)11-16(3)26-18-12-17(7-9-22-18)13-23-19(21-5)24-14-20(4)8-6-10-25-20/h7,9,12,15-16H,6,8,10-11,13-14H2,1-5H3,(H2,21,23,24). The van der Waals surface area contributed by atoms with Gasteiger partial charge >= 0.3 is 0 Å². The highest BCUT2D eigenvalue weighted by Gasteiger charge is 2.29. The van der Waals surface area contributed by atoms with Crippen molar-refractivity contribution in [1.82, 2.24) is 15.6 Å². The number of ether oxygens (including phenoxy) is 2. The maximum absolute atomic E-state index is 5.93. The van der Waals surface area contributed by atoms with E-state index in [1.165, 1.54) is 0 Å². The molecular weight excluding hydrogens is 328 g/mol. The minimum Gasteiger partial charge on any atom is -0.475 e. The number of aliphatic imine (C=N–C) groups is 1. The van der Waals surface area contributed by atoms with Crippen molar-refractivity contribution in [2.24, 2.45) is 10.9 Å². The topological polar surface area (TPSA) is 67.8 Å². The molecule has 6 heteroatoms. The highest BCUT2D eigenvalue weighted by molar-refractivity contribution is 5.79. The van der Waals surface area contributed by atoms with Crippen molar-refractivity contribution in [1.29, 1.82) is 0 Å².